The molecule has 1 amide bonds. The summed E-state index contributed by atoms with van der Waals surface area (Å²) >= 11 is 2.13. The van der Waals surface area contributed by atoms with Crippen molar-refractivity contribution in [3.63, 3.8) is 0 Å². The van der Waals surface area contributed by atoms with Crippen molar-refractivity contribution in [3.8, 4) is 0 Å². The number of nitrogens with one attached hydrogen (secondary N) is 1. The molecular formula is C14H20INO3. The van der Waals surface area contributed by atoms with Gasteiger partial charge < -0.3 is 15.2 Å². The molecular weight excluding hydrogens is 357 g/mol. The second kappa shape index (κ2) is 7.69. The maximum Gasteiger partial charge on any atom is 0.409 e. The van der Waals surface area contributed by atoms with Gasteiger partial charge in [0.1, 0.15) is 0 Å². The topological polar surface area (TPSA) is 58.6 Å². The van der Waals surface area contributed by atoms with Gasteiger partial charge in [0, 0.05) is 22.1 Å². The predicted octanol–water partition coefficient (Wildman–Crippen LogP) is 3.37. The van der Waals surface area contributed by atoms with E-state index in [-0.39, 0.29) is 0 Å². The number of hydrogen-bond donors (Lipinski definition) is 2. The fraction of sp³-hybridized carbons (Fsp3) is 0.500. The number of halogens is 1. The predicted molar refractivity (Wildman–Crippen MR) is 82.7 cm³/mol. The number of hydrogen-bond acceptors (Lipinski definition) is 3. The van der Waals surface area contributed by atoms with Crippen LogP contribution in [-0.2, 0) is 10.5 Å². The Kier molecular flexibility index (Phi) is 6.57. The summed E-state index contributed by atoms with van der Waals surface area (Å²) in [5, 5.41) is 13.3. The van der Waals surface area contributed by atoms with Gasteiger partial charge in [-0.2, -0.15) is 0 Å². The highest BCUT2D eigenvalue weighted by Gasteiger charge is 2.34. The number of benzene rings is 1. The Hall–Kier alpha value is -0.820. The normalized spacial score (nSPS) is 13.7. The molecule has 19 heavy (non-hydrogen) atoms. The summed E-state index contributed by atoms with van der Waals surface area (Å²) in [6.07, 6.45) is 1.32. The molecule has 1 aromatic carbocycles. The minimum atomic E-state index is -1.57. The first-order valence-electron chi connectivity index (χ1n) is 6.47. The molecule has 4 nitrogen and oxygen atoms in total. The molecule has 0 unspecified atom stereocenters. The van der Waals surface area contributed by atoms with Gasteiger partial charge in [-0.05, 0) is 41.5 Å². The minimum Gasteiger partial charge on any atom is -0.413 e. The van der Waals surface area contributed by atoms with Crippen molar-refractivity contribution in [3.05, 3.63) is 33.4 Å². The van der Waals surface area contributed by atoms with Crippen LogP contribution in [0.25, 0.3) is 0 Å². The number of rotatable bonds is 6. The van der Waals surface area contributed by atoms with Gasteiger partial charge in [0.05, 0.1) is 0 Å². The number of aliphatic hydroxyl groups is 1. The molecule has 0 saturated carbocycles. The van der Waals surface area contributed by atoms with Crippen LogP contribution in [0.15, 0.2) is 24.3 Å². The Balaban J connectivity index is 2.91. The van der Waals surface area contributed by atoms with E-state index in [0.717, 1.165) is 9.99 Å². The highest BCUT2D eigenvalue weighted by molar-refractivity contribution is 14.1. The van der Waals surface area contributed by atoms with E-state index in [0.29, 0.717) is 24.9 Å². The maximum absolute atomic E-state index is 11.7. The molecule has 0 aliphatic heterocycles. The molecule has 0 aliphatic rings. The molecule has 0 aliphatic carbocycles. The molecule has 106 valence electrons. The molecule has 0 spiro atoms. The van der Waals surface area contributed by atoms with Crippen molar-refractivity contribution in [2.75, 3.05) is 6.54 Å². The summed E-state index contributed by atoms with van der Waals surface area (Å²) in [6, 6.07) is 7.37. The third-order valence-electron chi connectivity index (χ3n) is 2.66. The van der Waals surface area contributed by atoms with Crippen LogP contribution in [0.1, 0.15) is 38.7 Å². The quantitative estimate of drug-likeness (QED) is 0.591. The number of carbonyl (C=O) groups is 1. The zero-order valence-electron chi connectivity index (χ0n) is 11.3. The van der Waals surface area contributed by atoms with E-state index in [1.807, 2.05) is 32.0 Å². The largest absolute Gasteiger partial charge is 0.413 e. The van der Waals surface area contributed by atoms with Gasteiger partial charge in [0.15, 0.2) is 0 Å². The van der Waals surface area contributed by atoms with Crippen molar-refractivity contribution in [2.24, 2.45) is 0 Å². The van der Waals surface area contributed by atoms with Gasteiger partial charge >= 0.3 is 6.09 Å². The number of alkyl carbamates (subject to hydrolysis) is 1. The standard InChI is InChI=1S/C14H20INO3/c1-3-9-14(18,19-13(17)16-10-4-2)11-7-5-6-8-12(11)15/h5-8,18H,3-4,9-10H2,1-2H3,(H,16,17)/t14-/m0/s1. The Bertz CT molecular complexity index is 425. The summed E-state index contributed by atoms with van der Waals surface area (Å²) in [5.41, 5.74) is 0.629. The summed E-state index contributed by atoms with van der Waals surface area (Å²) < 4.78 is 6.12. The van der Waals surface area contributed by atoms with Gasteiger partial charge in [-0.25, -0.2) is 4.79 Å². The Morgan fingerprint density at radius 1 is 1.37 bits per heavy atom. The van der Waals surface area contributed by atoms with E-state index in [4.69, 9.17) is 4.74 Å². The first kappa shape index (κ1) is 16.2. The lowest BCUT2D eigenvalue weighted by atomic mass is 10.0. The van der Waals surface area contributed by atoms with Gasteiger partial charge in [0.2, 0.25) is 5.79 Å². The van der Waals surface area contributed by atoms with Crippen molar-refractivity contribution in [1.29, 1.82) is 0 Å². The third-order valence-corrected chi connectivity index (χ3v) is 3.61. The summed E-state index contributed by atoms with van der Waals surface area (Å²) in [4.78, 5) is 11.7. The molecule has 0 heterocycles. The van der Waals surface area contributed by atoms with Crippen LogP contribution in [0.4, 0.5) is 4.79 Å². The molecule has 1 rings (SSSR count). The van der Waals surface area contributed by atoms with E-state index in [2.05, 4.69) is 27.9 Å². The molecule has 1 aromatic rings. The van der Waals surface area contributed by atoms with Crippen molar-refractivity contribution < 1.29 is 14.6 Å². The molecule has 2 N–H and O–H groups in total. The molecule has 1 atom stereocenters. The van der Waals surface area contributed by atoms with Crippen LogP contribution in [0.2, 0.25) is 0 Å². The average molecular weight is 377 g/mol. The van der Waals surface area contributed by atoms with Crippen LogP contribution in [-0.4, -0.2) is 17.7 Å². The lowest BCUT2D eigenvalue weighted by Gasteiger charge is -2.28. The van der Waals surface area contributed by atoms with Gasteiger partial charge in [-0.3, -0.25) is 0 Å². The Morgan fingerprint density at radius 2 is 2.05 bits per heavy atom. The second-order valence-corrected chi connectivity index (χ2v) is 5.49. The minimum absolute atomic E-state index is 0.368. The number of amides is 1. The lowest BCUT2D eigenvalue weighted by Crippen LogP contribution is -2.38. The summed E-state index contributed by atoms with van der Waals surface area (Å²) in [5.74, 6) is -1.57. The van der Waals surface area contributed by atoms with Crippen molar-refractivity contribution >= 4 is 28.7 Å². The molecule has 0 fully saturated rings. The molecule has 0 aromatic heterocycles. The highest BCUT2D eigenvalue weighted by atomic mass is 127. The van der Waals surface area contributed by atoms with Crippen LogP contribution in [0.3, 0.4) is 0 Å². The van der Waals surface area contributed by atoms with E-state index in [1.54, 1.807) is 6.07 Å². The van der Waals surface area contributed by atoms with E-state index < -0.39 is 11.9 Å². The van der Waals surface area contributed by atoms with Crippen molar-refractivity contribution in [1.82, 2.24) is 5.32 Å². The fourth-order valence-corrected chi connectivity index (χ4v) is 2.58. The zero-order valence-corrected chi connectivity index (χ0v) is 13.4. The summed E-state index contributed by atoms with van der Waals surface area (Å²) in [7, 11) is 0. The zero-order chi connectivity index (χ0) is 14.3. The van der Waals surface area contributed by atoms with Crippen LogP contribution < -0.4 is 5.32 Å². The van der Waals surface area contributed by atoms with Crippen molar-refractivity contribution in [2.45, 2.75) is 38.9 Å². The molecule has 0 bridgehead atoms. The summed E-state index contributed by atoms with van der Waals surface area (Å²) in [6.45, 7) is 4.43. The molecule has 0 radical (unpaired) electrons. The second-order valence-electron chi connectivity index (χ2n) is 4.33. The smallest absolute Gasteiger partial charge is 0.409 e. The first-order chi connectivity index (χ1) is 9.03. The Morgan fingerprint density at radius 3 is 2.63 bits per heavy atom. The first-order valence-corrected chi connectivity index (χ1v) is 7.55. The van der Waals surface area contributed by atoms with E-state index in [9.17, 15) is 9.90 Å². The number of carbonyl (C=O) groups excluding carboxylic acids is 1. The SMILES string of the molecule is CCCNC(=O)O[C@@](O)(CCC)c1ccccc1I. The maximum atomic E-state index is 11.7. The van der Waals surface area contributed by atoms with E-state index >= 15 is 0 Å². The van der Waals surface area contributed by atoms with Crippen LogP contribution in [0.5, 0.6) is 0 Å². The van der Waals surface area contributed by atoms with Gasteiger partial charge in [-0.1, -0.05) is 32.0 Å². The number of ether oxygens (including phenoxy) is 1. The highest BCUT2D eigenvalue weighted by Crippen LogP contribution is 2.31. The lowest BCUT2D eigenvalue weighted by molar-refractivity contribution is -0.175. The molecule has 0 saturated heterocycles. The van der Waals surface area contributed by atoms with Gasteiger partial charge in [-0.15, -0.1) is 0 Å². The van der Waals surface area contributed by atoms with Gasteiger partial charge in [0.25, 0.3) is 0 Å². The fourth-order valence-electron chi connectivity index (χ4n) is 1.77. The van der Waals surface area contributed by atoms with Crippen LogP contribution >= 0.6 is 22.6 Å². The van der Waals surface area contributed by atoms with E-state index in [1.165, 1.54) is 0 Å². The Labute approximate surface area is 127 Å². The van der Waals surface area contributed by atoms with Crippen LogP contribution in [0, 0.1) is 3.57 Å². The monoisotopic (exact) mass is 377 g/mol. The molecule has 5 heteroatoms. The average Bonchev–Trinajstić information content (AvgIpc) is 2.37. The third kappa shape index (κ3) is 4.65.